The fraction of sp³-hybridized carbons (Fsp3) is 0.222. The van der Waals surface area contributed by atoms with Gasteiger partial charge in [0.05, 0.1) is 6.20 Å². The van der Waals surface area contributed by atoms with Crippen molar-refractivity contribution in [3.05, 3.63) is 32.6 Å². The summed E-state index contributed by atoms with van der Waals surface area (Å²) in [6, 6.07) is 0. The summed E-state index contributed by atoms with van der Waals surface area (Å²) in [6.45, 7) is 0. The molecule has 6 heteroatoms. The van der Waals surface area contributed by atoms with Crippen LogP contribution >= 0.6 is 27.3 Å². The Balaban J connectivity index is 2.41. The zero-order chi connectivity index (χ0) is 11.0. The van der Waals surface area contributed by atoms with Crippen LogP contribution in [0.4, 0.5) is 5.82 Å². The Labute approximate surface area is 99.5 Å². The molecule has 0 aliphatic heterocycles. The lowest BCUT2D eigenvalue weighted by molar-refractivity contribution is 0.221. The number of hydrogen-bond acceptors (Lipinski definition) is 4. The lowest BCUT2D eigenvalue weighted by atomic mass is 10.1. The Morgan fingerprint density at radius 3 is 2.73 bits per heavy atom. The lowest BCUT2D eigenvalue weighted by Gasteiger charge is -2.08. The molecule has 0 amide bonds. The van der Waals surface area contributed by atoms with E-state index in [0.717, 1.165) is 10.0 Å². The highest BCUT2D eigenvalue weighted by molar-refractivity contribution is 9.10. The number of nitrogens with zero attached hydrogens (tertiary/aromatic N) is 2. The number of aromatic nitrogens is 2. The SMILES string of the molecule is Cn1ncc(C(O)c2cscc2Br)c1N. The third kappa shape index (κ3) is 1.80. The van der Waals surface area contributed by atoms with Gasteiger partial charge >= 0.3 is 0 Å². The van der Waals surface area contributed by atoms with Gasteiger partial charge in [-0.15, -0.1) is 0 Å². The van der Waals surface area contributed by atoms with Gasteiger partial charge < -0.3 is 10.8 Å². The Hall–Kier alpha value is -0.850. The van der Waals surface area contributed by atoms with Crippen LogP contribution in [0, 0.1) is 0 Å². The second-order valence-corrected chi connectivity index (χ2v) is 4.78. The number of aliphatic hydroxyl groups excluding tert-OH is 1. The average Bonchev–Trinajstić information content (AvgIpc) is 2.75. The summed E-state index contributed by atoms with van der Waals surface area (Å²) >= 11 is 4.90. The number of nitrogen functional groups attached to an aromatic ring is 1. The minimum atomic E-state index is -0.723. The standard InChI is InChI=1S/C9H10BrN3OS/c1-13-9(11)5(2-12-13)8(14)6-3-15-4-7(6)10/h2-4,8,14H,11H2,1H3. The number of anilines is 1. The van der Waals surface area contributed by atoms with E-state index in [-0.39, 0.29) is 0 Å². The molecule has 0 bridgehead atoms. The van der Waals surface area contributed by atoms with Crippen molar-refractivity contribution >= 4 is 33.1 Å². The van der Waals surface area contributed by atoms with E-state index in [9.17, 15) is 5.11 Å². The van der Waals surface area contributed by atoms with Gasteiger partial charge in [0.15, 0.2) is 0 Å². The van der Waals surface area contributed by atoms with Gasteiger partial charge in [-0.2, -0.15) is 16.4 Å². The van der Waals surface area contributed by atoms with Crippen molar-refractivity contribution in [2.45, 2.75) is 6.10 Å². The number of halogens is 1. The van der Waals surface area contributed by atoms with Gasteiger partial charge in [0.1, 0.15) is 11.9 Å². The van der Waals surface area contributed by atoms with Gasteiger partial charge in [-0.3, -0.25) is 4.68 Å². The zero-order valence-corrected chi connectivity index (χ0v) is 10.4. The fourth-order valence-electron chi connectivity index (χ4n) is 1.33. The first-order valence-electron chi connectivity index (χ1n) is 4.28. The Morgan fingerprint density at radius 1 is 1.53 bits per heavy atom. The topological polar surface area (TPSA) is 64.1 Å². The molecule has 0 aromatic carbocycles. The molecule has 0 radical (unpaired) electrons. The van der Waals surface area contributed by atoms with Crippen LogP contribution in [-0.4, -0.2) is 14.9 Å². The highest BCUT2D eigenvalue weighted by Crippen LogP contribution is 2.33. The molecular formula is C9H10BrN3OS. The van der Waals surface area contributed by atoms with E-state index >= 15 is 0 Å². The van der Waals surface area contributed by atoms with Crippen molar-refractivity contribution in [2.24, 2.45) is 7.05 Å². The number of hydrogen-bond donors (Lipinski definition) is 2. The molecule has 0 saturated carbocycles. The van der Waals surface area contributed by atoms with Gasteiger partial charge in [0, 0.05) is 28.0 Å². The first-order valence-corrected chi connectivity index (χ1v) is 6.02. The predicted molar refractivity (Wildman–Crippen MR) is 63.7 cm³/mol. The number of aryl methyl sites for hydroxylation is 1. The zero-order valence-electron chi connectivity index (χ0n) is 8.01. The summed E-state index contributed by atoms with van der Waals surface area (Å²) < 4.78 is 2.43. The molecule has 4 nitrogen and oxygen atoms in total. The van der Waals surface area contributed by atoms with E-state index in [1.54, 1.807) is 17.9 Å². The monoisotopic (exact) mass is 287 g/mol. The quantitative estimate of drug-likeness (QED) is 0.887. The molecule has 15 heavy (non-hydrogen) atoms. The maximum atomic E-state index is 10.1. The van der Waals surface area contributed by atoms with Crippen LogP contribution in [0.3, 0.4) is 0 Å². The minimum absolute atomic E-state index is 0.487. The summed E-state index contributed by atoms with van der Waals surface area (Å²) in [5.74, 6) is 0.487. The van der Waals surface area contributed by atoms with Crippen molar-refractivity contribution < 1.29 is 5.11 Å². The van der Waals surface area contributed by atoms with Gasteiger partial charge in [0.2, 0.25) is 0 Å². The summed E-state index contributed by atoms with van der Waals surface area (Å²) in [7, 11) is 1.74. The molecule has 0 aliphatic rings. The third-order valence-electron chi connectivity index (χ3n) is 2.25. The van der Waals surface area contributed by atoms with Crippen molar-refractivity contribution in [3.8, 4) is 0 Å². The average molecular weight is 288 g/mol. The molecule has 1 unspecified atom stereocenters. The summed E-state index contributed by atoms with van der Waals surface area (Å²) in [5.41, 5.74) is 7.24. The number of nitrogens with two attached hydrogens (primary N) is 1. The molecule has 2 aromatic heterocycles. The molecule has 3 N–H and O–H groups in total. The first kappa shape index (κ1) is 10.7. The van der Waals surface area contributed by atoms with Gasteiger partial charge in [0.25, 0.3) is 0 Å². The van der Waals surface area contributed by atoms with Crippen molar-refractivity contribution in [1.82, 2.24) is 9.78 Å². The Kier molecular flexibility index (Phi) is 2.81. The van der Waals surface area contributed by atoms with Gasteiger partial charge in [-0.1, -0.05) is 0 Å². The number of aliphatic hydroxyl groups is 1. The number of thiophene rings is 1. The molecule has 80 valence electrons. The molecule has 2 heterocycles. The molecule has 0 aliphatic carbocycles. The molecule has 2 rings (SSSR count). The highest BCUT2D eigenvalue weighted by atomic mass is 79.9. The normalized spacial score (nSPS) is 13.0. The summed E-state index contributed by atoms with van der Waals surface area (Å²) in [5, 5.41) is 17.9. The van der Waals surface area contributed by atoms with Gasteiger partial charge in [-0.25, -0.2) is 0 Å². The van der Waals surface area contributed by atoms with Crippen LogP contribution in [0.5, 0.6) is 0 Å². The predicted octanol–water partition coefficient (Wildman–Crippen LogP) is 1.91. The lowest BCUT2D eigenvalue weighted by Crippen LogP contribution is -2.04. The molecular weight excluding hydrogens is 278 g/mol. The number of rotatable bonds is 2. The largest absolute Gasteiger partial charge is 0.384 e. The highest BCUT2D eigenvalue weighted by Gasteiger charge is 2.19. The van der Waals surface area contributed by atoms with E-state index in [2.05, 4.69) is 21.0 Å². The second kappa shape index (κ2) is 3.96. The van der Waals surface area contributed by atoms with E-state index in [0.29, 0.717) is 11.4 Å². The second-order valence-electron chi connectivity index (χ2n) is 3.19. The Morgan fingerprint density at radius 2 is 2.27 bits per heavy atom. The smallest absolute Gasteiger partial charge is 0.127 e. The minimum Gasteiger partial charge on any atom is -0.384 e. The van der Waals surface area contributed by atoms with E-state index in [1.165, 1.54) is 11.3 Å². The van der Waals surface area contributed by atoms with E-state index < -0.39 is 6.10 Å². The van der Waals surface area contributed by atoms with Crippen LogP contribution < -0.4 is 5.73 Å². The molecule has 2 aromatic rings. The molecule has 1 atom stereocenters. The Bertz CT molecular complexity index is 479. The molecule has 0 saturated heterocycles. The molecule has 0 spiro atoms. The van der Waals surface area contributed by atoms with Crippen LogP contribution in [0.2, 0.25) is 0 Å². The van der Waals surface area contributed by atoms with Gasteiger partial charge in [-0.05, 0) is 21.3 Å². The maximum Gasteiger partial charge on any atom is 0.127 e. The van der Waals surface area contributed by atoms with Crippen LogP contribution in [-0.2, 0) is 7.05 Å². The first-order chi connectivity index (χ1) is 7.11. The summed E-state index contributed by atoms with van der Waals surface area (Å²) in [4.78, 5) is 0. The van der Waals surface area contributed by atoms with E-state index in [4.69, 9.17) is 5.73 Å². The molecule has 0 fully saturated rings. The summed E-state index contributed by atoms with van der Waals surface area (Å²) in [6.07, 6.45) is 0.865. The van der Waals surface area contributed by atoms with Crippen molar-refractivity contribution in [3.63, 3.8) is 0 Å². The maximum absolute atomic E-state index is 10.1. The van der Waals surface area contributed by atoms with E-state index in [1.807, 2.05) is 10.8 Å². The van der Waals surface area contributed by atoms with Crippen LogP contribution in [0.1, 0.15) is 17.2 Å². The van der Waals surface area contributed by atoms with Crippen LogP contribution in [0.15, 0.2) is 21.4 Å². The van der Waals surface area contributed by atoms with Crippen LogP contribution in [0.25, 0.3) is 0 Å². The van der Waals surface area contributed by atoms with Crippen molar-refractivity contribution in [1.29, 1.82) is 0 Å². The fourth-order valence-corrected chi connectivity index (χ4v) is 2.86. The third-order valence-corrected chi connectivity index (χ3v) is 4.00. The van der Waals surface area contributed by atoms with Crippen molar-refractivity contribution in [2.75, 3.05) is 5.73 Å².